The molecule has 0 aliphatic carbocycles. The van der Waals surface area contributed by atoms with Crippen LogP contribution < -0.4 is 9.47 Å². The molecule has 0 saturated heterocycles. The van der Waals surface area contributed by atoms with Crippen LogP contribution in [0.4, 0.5) is 5.69 Å². The topological polar surface area (TPSA) is 7.12 Å². The minimum absolute atomic E-state index is 0.384. The molecule has 1 aliphatic rings. The number of thioether (sulfide) groups is 1. The number of allylic oxidation sites excluding steroid dienone is 2. The number of fused-ring (bicyclic) bond motifs is 2. The van der Waals surface area contributed by atoms with E-state index in [1.807, 2.05) is 11.8 Å². The fourth-order valence-electron chi connectivity index (χ4n) is 5.55. The first-order valence-corrected chi connectivity index (χ1v) is 19.1. The Bertz CT molecular complexity index is 1320. The van der Waals surface area contributed by atoms with Crippen LogP contribution in [-0.2, 0) is 19.4 Å². The molecule has 0 saturated carbocycles. The van der Waals surface area contributed by atoms with Gasteiger partial charge in [-0.2, -0.15) is 0 Å². The zero-order chi connectivity index (χ0) is 28.5. The normalized spacial score (nSPS) is 14.7. The van der Waals surface area contributed by atoms with Crippen molar-refractivity contribution in [1.29, 1.82) is 0 Å². The Balaban J connectivity index is 1.68. The van der Waals surface area contributed by atoms with Crippen LogP contribution in [0, 0.1) is 5.92 Å². The fraction of sp³-hybridized carbons (Fsp3) is 0.528. The van der Waals surface area contributed by atoms with E-state index in [1.54, 1.807) is 7.11 Å². The molecule has 40 heavy (non-hydrogen) atoms. The van der Waals surface area contributed by atoms with E-state index in [-0.39, 0.29) is 20.4 Å². The van der Waals surface area contributed by atoms with E-state index in [9.17, 15) is 0 Å². The van der Waals surface area contributed by atoms with Crippen LogP contribution in [0.25, 0.3) is 15.0 Å². The van der Waals surface area contributed by atoms with Gasteiger partial charge in [0, 0.05) is 0 Å². The van der Waals surface area contributed by atoms with Gasteiger partial charge in [-0.05, 0) is 0 Å². The van der Waals surface area contributed by atoms with Crippen molar-refractivity contribution in [3.8, 4) is 0 Å². The van der Waals surface area contributed by atoms with Crippen molar-refractivity contribution >= 4 is 52.9 Å². The summed E-state index contributed by atoms with van der Waals surface area (Å²) < 4.78 is 5.88. The molecule has 4 heteroatoms. The van der Waals surface area contributed by atoms with Gasteiger partial charge in [-0.3, -0.25) is 0 Å². The Morgan fingerprint density at radius 3 is 2.23 bits per heavy atom. The molecule has 1 aliphatic heterocycles. The Morgan fingerprint density at radius 2 is 1.57 bits per heavy atom. The molecule has 0 fully saturated rings. The molecule has 0 amide bonds. The Kier molecular flexibility index (Phi) is 12.3. The molecule has 3 aromatic rings. The van der Waals surface area contributed by atoms with E-state index in [2.05, 4.69) is 99.6 Å². The van der Waals surface area contributed by atoms with E-state index in [0.717, 1.165) is 19.5 Å². The zero-order valence-corrected chi connectivity index (χ0v) is 29.0. The number of aryl methyl sites for hydroxylation is 3. The first kappa shape index (κ1) is 31.5. The molecule has 2 aromatic carbocycles. The van der Waals surface area contributed by atoms with Crippen molar-refractivity contribution < 1.29 is 4.57 Å². The Labute approximate surface area is 258 Å². The zero-order valence-electron chi connectivity index (χ0n) is 25.9. The maximum atomic E-state index is 2.67. The third-order valence-electron chi connectivity index (χ3n) is 7.87. The third kappa shape index (κ3) is 7.87. The summed E-state index contributed by atoms with van der Waals surface area (Å²) in [5.74, 6) is 0.488. The van der Waals surface area contributed by atoms with Crippen molar-refractivity contribution in [1.82, 2.24) is 0 Å². The molecule has 0 unspecified atom stereocenters. The number of unbranched alkanes of at least 4 members (excludes halogenated alkanes) is 4. The number of rotatable bonds is 15. The molecule has 0 radical (unpaired) electrons. The average molecular weight is 671 g/mol. The average Bonchev–Trinajstić information content (AvgIpc) is 3.46. The number of hydrogen-bond donors (Lipinski definition) is 0. The molecular weight excluding hydrogens is 620 g/mol. The quantitative estimate of drug-likeness (QED) is 0.0903. The molecule has 2 heterocycles. The maximum absolute atomic E-state index is 2.67. The van der Waals surface area contributed by atoms with Crippen LogP contribution in [0.15, 0.2) is 58.0 Å². The Hall–Kier alpha value is -1.47. The summed E-state index contributed by atoms with van der Waals surface area (Å²) in [5.41, 5.74) is 7.40. The molecular formula is C36H51N2STe+. The second kappa shape index (κ2) is 15.7. The van der Waals surface area contributed by atoms with Crippen LogP contribution >= 0.6 is 11.8 Å². The van der Waals surface area contributed by atoms with Crippen molar-refractivity contribution in [2.45, 2.75) is 117 Å². The summed E-state index contributed by atoms with van der Waals surface area (Å²) in [5, 5.41) is 1.40. The van der Waals surface area contributed by atoms with Crippen LogP contribution in [0.1, 0.15) is 108 Å². The second-order valence-electron chi connectivity index (χ2n) is 11.6. The molecule has 2 nitrogen and oxygen atoms in total. The molecule has 4 rings (SSSR count). The van der Waals surface area contributed by atoms with Crippen LogP contribution in [0.5, 0.6) is 0 Å². The summed E-state index contributed by atoms with van der Waals surface area (Å²) in [7, 11) is 0. The van der Waals surface area contributed by atoms with Gasteiger partial charge in [0.25, 0.3) is 0 Å². The van der Waals surface area contributed by atoms with E-state index in [1.165, 1.54) is 95.6 Å². The summed E-state index contributed by atoms with van der Waals surface area (Å²) >= 11 is 1.58. The predicted octanol–water partition coefficient (Wildman–Crippen LogP) is 9.96. The van der Waals surface area contributed by atoms with Crippen LogP contribution in [-0.4, -0.2) is 27.0 Å². The van der Waals surface area contributed by atoms with Gasteiger partial charge in [0.15, 0.2) is 0 Å². The molecule has 0 bridgehead atoms. The van der Waals surface area contributed by atoms with Crippen molar-refractivity contribution in [3.63, 3.8) is 0 Å². The molecule has 0 atom stereocenters. The van der Waals surface area contributed by atoms with Gasteiger partial charge in [0.2, 0.25) is 0 Å². The number of aromatic nitrogens is 1. The number of anilines is 1. The molecule has 1 aromatic heterocycles. The van der Waals surface area contributed by atoms with E-state index in [4.69, 9.17) is 0 Å². The number of nitrogens with zero attached hydrogens (tertiary/aromatic N) is 2. The van der Waals surface area contributed by atoms with Gasteiger partial charge in [-0.15, -0.1) is 0 Å². The third-order valence-corrected chi connectivity index (χ3v) is 12.2. The van der Waals surface area contributed by atoms with Crippen molar-refractivity contribution in [2.24, 2.45) is 5.92 Å². The second-order valence-corrected chi connectivity index (χ2v) is 15.7. The summed E-state index contributed by atoms with van der Waals surface area (Å²) in [6.07, 6.45) is 17.6. The van der Waals surface area contributed by atoms with Gasteiger partial charge in [0.1, 0.15) is 0 Å². The number of hydrogen-bond acceptors (Lipinski definition) is 2. The summed E-state index contributed by atoms with van der Waals surface area (Å²) in [4.78, 5) is 4.01. The summed E-state index contributed by atoms with van der Waals surface area (Å²) in [6.45, 7) is 16.1. The first-order valence-electron chi connectivity index (χ1n) is 16.0. The van der Waals surface area contributed by atoms with Gasteiger partial charge in [-0.1, -0.05) is 13.3 Å². The Morgan fingerprint density at radius 1 is 0.875 bits per heavy atom. The van der Waals surface area contributed by atoms with Gasteiger partial charge >= 0.3 is 247 Å². The standard InChI is InChI=1S/C36H51N2STe/c1-7-11-13-15-28-17-19-33-31(23-28)37(21-9-3)35(39-33)25-30(27(5)6)26-36-38(22-10-4)32-24-29(16-14-12-8-2)18-20-34(32)40-36/h17-20,23-27H,7-16,21-22H2,1-6H3/q+1. The fourth-order valence-corrected chi connectivity index (χ4v) is 9.90. The van der Waals surface area contributed by atoms with E-state index >= 15 is 0 Å². The first-order chi connectivity index (χ1) is 19.5. The monoisotopic (exact) mass is 673 g/mol. The predicted molar refractivity (Wildman–Crippen MR) is 179 cm³/mol. The van der Waals surface area contributed by atoms with Gasteiger partial charge in [0.05, 0.1) is 0 Å². The summed E-state index contributed by atoms with van der Waals surface area (Å²) in [6, 6.07) is 14.6. The minimum atomic E-state index is -0.384. The number of benzene rings is 2. The van der Waals surface area contributed by atoms with Crippen LogP contribution in [0.2, 0.25) is 0 Å². The van der Waals surface area contributed by atoms with Crippen molar-refractivity contribution in [2.75, 3.05) is 11.4 Å². The molecule has 0 spiro atoms. The van der Waals surface area contributed by atoms with E-state index in [0.29, 0.717) is 5.92 Å². The van der Waals surface area contributed by atoms with Crippen molar-refractivity contribution in [3.05, 3.63) is 67.9 Å². The van der Waals surface area contributed by atoms with Gasteiger partial charge < -0.3 is 0 Å². The van der Waals surface area contributed by atoms with E-state index < -0.39 is 0 Å². The SMILES string of the molecule is CCCCCc1ccc2c(c1)N(CCC)/C(=C/C(=C/c1[te]c3ccc(CCCCC)cc3[n+]1CCC)C(C)C)S2. The van der Waals surface area contributed by atoms with Crippen LogP contribution in [0.3, 0.4) is 0 Å². The molecule has 216 valence electrons. The molecule has 0 N–H and O–H groups in total. The van der Waals surface area contributed by atoms with Gasteiger partial charge in [-0.25, -0.2) is 0 Å².